The summed E-state index contributed by atoms with van der Waals surface area (Å²) in [5.41, 5.74) is 0. The van der Waals surface area contributed by atoms with E-state index in [0.717, 1.165) is 6.61 Å². The summed E-state index contributed by atoms with van der Waals surface area (Å²) < 4.78 is 10.8. The lowest BCUT2D eigenvalue weighted by Crippen LogP contribution is -2.35. The largest absolute Gasteiger partial charge is 0.483 e. The lowest BCUT2D eigenvalue weighted by atomic mass is 10.4. The van der Waals surface area contributed by atoms with Gasteiger partial charge in [-0.2, -0.15) is 0 Å². The number of rotatable bonds is 4. The van der Waals surface area contributed by atoms with Gasteiger partial charge in [0.1, 0.15) is 5.22 Å². The first-order valence-corrected chi connectivity index (χ1v) is 5.44. The van der Waals surface area contributed by atoms with Gasteiger partial charge in [0.2, 0.25) is 9.76 Å². The minimum absolute atomic E-state index is 0.151. The Balaban J connectivity index is 3.70. The molecule has 2 nitrogen and oxygen atoms in total. The summed E-state index contributed by atoms with van der Waals surface area (Å²) in [4.78, 5) is 0. The van der Waals surface area contributed by atoms with Gasteiger partial charge < -0.3 is 9.16 Å². The highest BCUT2D eigenvalue weighted by atomic mass is 32.1. The molecule has 4 heteroatoms. The van der Waals surface area contributed by atoms with Crippen molar-refractivity contribution in [3.05, 3.63) is 0 Å². The van der Waals surface area contributed by atoms with E-state index in [0.29, 0.717) is 5.05 Å². The van der Waals surface area contributed by atoms with Crippen molar-refractivity contribution >= 4 is 27.0 Å². The van der Waals surface area contributed by atoms with Crippen molar-refractivity contribution < 1.29 is 9.16 Å². The maximum atomic E-state index is 5.41. The molecule has 0 aromatic heterocycles. The standard InChI is InChI=1S/C7H16O2SSi/c1-5-8-11-7(3,4)9-6(2)10/h5,11H2,1-4H3. The van der Waals surface area contributed by atoms with Crippen molar-refractivity contribution in [2.75, 3.05) is 6.61 Å². The van der Waals surface area contributed by atoms with Gasteiger partial charge in [-0.05, 0) is 33.0 Å². The van der Waals surface area contributed by atoms with Gasteiger partial charge in [0, 0.05) is 13.5 Å². The van der Waals surface area contributed by atoms with Crippen molar-refractivity contribution in [2.45, 2.75) is 32.9 Å². The summed E-state index contributed by atoms with van der Waals surface area (Å²) >= 11 is 4.84. The first-order valence-electron chi connectivity index (χ1n) is 3.75. The van der Waals surface area contributed by atoms with Crippen LogP contribution in [0.4, 0.5) is 0 Å². The maximum absolute atomic E-state index is 5.41. The molecule has 0 aromatic carbocycles. The molecule has 0 aliphatic rings. The quantitative estimate of drug-likeness (QED) is 0.493. The van der Waals surface area contributed by atoms with E-state index < -0.39 is 9.76 Å². The molecule has 11 heavy (non-hydrogen) atoms. The van der Waals surface area contributed by atoms with Crippen molar-refractivity contribution in [2.24, 2.45) is 0 Å². The van der Waals surface area contributed by atoms with Crippen molar-refractivity contribution in [1.82, 2.24) is 0 Å². The van der Waals surface area contributed by atoms with E-state index >= 15 is 0 Å². The van der Waals surface area contributed by atoms with Crippen LogP contribution in [-0.2, 0) is 9.16 Å². The third kappa shape index (κ3) is 6.46. The van der Waals surface area contributed by atoms with Crippen LogP contribution in [0.25, 0.3) is 0 Å². The number of thiocarbonyl (C=S) groups is 1. The summed E-state index contributed by atoms with van der Waals surface area (Å²) in [7, 11) is -0.613. The third-order valence-corrected chi connectivity index (χ3v) is 2.61. The average molecular weight is 192 g/mol. The van der Waals surface area contributed by atoms with E-state index in [2.05, 4.69) is 0 Å². The van der Waals surface area contributed by atoms with Gasteiger partial charge in [-0.15, -0.1) is 0 Å². The first kappa shape index (κ1) is 11.1. The SMILES string of the molecule is CCO[SiH2]C(C)(C)OC(C)=S. The summed E-state index contributed by atoms with van der Waals surface area (Å²) in [6, 6.07) is 0. The van der Waals surface area contributed by atoms with Gasteiger partial charge in [0.25, 0.3) is 0 Å². The van der Waals surface area contributed by atoms with E-state index in [1.807, 2.05) is 20.8 Å². The molecule has 0 aliphatic heterocycles. The molecule has 0 N–H and O–H groups in total. The highest BCUT2D eigenvalue weighted by Gasteiger charge is 2.20. The van der Waals surface area contributed by atoms with Gasteiger partial charge in [-0.3, -0.25) is 0 Å². The van der Waals surface area contributed by atoms with E-state index in [-0.39, 0.29) is 5.22 Å². The Morgan fingerprint density at radius 1 is 1.55 bits per heavy atom. The summed E-state index contributed by atoms with van der Waals surface area (Å²) in [5.74, 6) is 0. The Hall–Kier alpha value is 0.0669. The van der Waals surface area contributed by atoms with Crippen LogP contribution in [0.1, 0.15) is 27.7 Å². The fourth-order valence-corrected chi connectivity index (χ4v) is 2.07. The van der Waals surface area contributed by atoms with Gasteiger partial charge >= 0.3 is 0 Å². The summed E-state index contributed by atoms with van der Waals surface area (Å²) in [6.45, 7) is 8.59. The van der Waals surface area contributed by atoms with E-state index in [1.165, 1.54) is 0 Å². The molecule has 0 saturated carbocycles. The molecule has 0 aliphatic carbocycles. The van der Waals surface area contributed by atoms with Crippen LogP contribution < -0.4 is 0 Å². The van der Waals surface area contributed by atoms with Crippen LogP contribution >= 0.6 is 12.2 Å². The van der Waals surface area contributed by atoms with E-state index in [4.69, 9.17) is 21.4 Å². The normalized spacial score (nSPS) is 12.4. The zero-order valence-electron chi connectivity index (χ0n) is 7.64. The highest BCUT2D eigenvalue weighted by molar-refractivity contribution is 7.80. The Morgan fingerprint density at radius 2 is 2.09 bits per heavy atom. The molecule has 0 fully saturated rings. The molecule has 0 amide bonds. The van der Waals surface area contributed by atoms with E-state index in [1.54, 1.807) is 6.92 Å². The van der Waals surface area contributed by atoms with E-state index in [9.17, 15) is 0 Å². The number of ether oxygens (including phenoxy) is 1. The van der Waals surface area contributed by atoms with Crippen LogP contribution in [-0.4, -0.2) is 26.6 Å². The molecule has 0 atom stereocenters. The molecule has 0 radical (unpaired) electrons. The molecule has 0 heterocycles. The second kappa shape index (κ2) is 4.85. The van der Waals surface area contributed by atoms with Crippen molar-refractivity contribution in [1.29, 1.82) is 0 Å². The first-order chi connectivity index (χ1) is 4.98. The second-order valence-electron chi connectivity index (χ2n) is 2.99. The number of hydrogen-bond donors (Lipinski definition) is 0. The molecule has 66 valence electrons. The van der Waals surface area contributed by atoms with Gasteiger partial charge in [0.15, 0.2) is 5.05 Å². The monoisotopic (exact) mass is 192 g/mol. The Kier molecular flexibility index (Phi) is 4.88. The Bertz CT molecular complexity index is 136. The lowest BCUT2D eigenvalue weighted by molar-refractivity contribution is 0.158. The minimum atomic E-state index is -0.613. The maximum Gasteiger partial charge on any atom is 0.208 e. The predicted molar refractivity (Wildman–Crippen MR) is 53.6 cm³/mol. The molecule has 0 rings (SSSR count). The fourth-order valence-electron chi connectivity index (χ4n) is 0.766. The molecule has 0 spiro atoms. The van der Waals surface area contributed by atoms with Gasteiger partial charge in [-0.1, -0.05) is 0 Å². The van der Waals surface area contributed by atoms with Gasteiger partial charge in [0.05, 0.1) is 0 Å². The van der Waals surface area contributed by atoms with Crippen LogP contribution in [0.15, 0.2) is 0 Å². The second-order valence-corrected chi connectivity index (χ2v) is 5.97. The van der Waals surface area contributed by atoms with Crippen LogP contribution in [0.2, 0.25) is 0 Å². The van der Waals surface area contributed by atoms with Gasteiger partial charge in [-0.25, -0.2) is 0 Å². The third-order valence-electron chi connectivity index (χ3n) is 1.07. The van der Waals surface area contributed by atoms with Crippen molar-refractivity contribution in [3.63, 3.8) is 0 Å². The lowest BCUT2D eigenvalue weighted by Gasteiger charge is -2.24. The predicted octanol–water partition coefficient (Wildman–Crippen LogP) is 1.21. The topological polar surface area (TPSA) is 18.5 Å². The van der Waals surface area contributed by atoms with Crippen LogP contribution in [0, 0.1) is 0 Å². The molecule has 0 saturated heterocycles. The zero-order valence-corrected chi connectivity index (χ0v) is 9.87. The summed E-state index contributed by atoms with van der Waals surface area (Å²) in [6.07, 6.45) is 0. The average Bonchev–Trinajstić information content (AvgIpc) is 1.81. The molecule has 0 bridgehead atoms. The van der Waals surface area contributed by atoms with Crippen molar-refractivity contribution in [3.8, 4) is 0 Å². The molecule has 0 aromatic rings. The zero-order chi connectivity index (χ0) is 8.91. The fraction of sp³-hybridized carbons (Fsp3) is 0.857. The smallest absolute Gasteiger partial charge is 0.208 e. The Morgan fingerprint density at radius 3 is 2.45 bits per heavy atom. The summed E-state index contributed by atoms with van der Waals surface area (Å²) in [5, 5.41) is 0.448. The highest BCUT2D eigenvalue weighted by Crippen LogP contribution is 2.07. The number of hydrogen-bond acceptors (Lipinski definition) is 3. The molecule has 0 unspecified atom stereocenters. The van der Waals surface area contributed by atoms with Crippen LogP contribution in [0.3, 0.4) is 0 Å². The molecular formula is C7H16O2SSi. The van der Waals surface area contributed by atoms with Crippen LogP contribution in [0.5, 0.6) is 0 Å². The Labute approximate surface area is 76.2 Å². The molecular weight excluding hydrogens is 176 g/mol. The minimum Gasteiger partial charge on any atom is -0.483 e.